The van der Waals surface area contributed by atoms with E-state index in [4.69, 9.17) is 4.74 Å². The zero-order valence-corrected chi connectivity index (χ0v) is 11.6. The summed E-state index contributed by atoms with van der Waals surface area (Å²) >= 11 is 0. The van der Waals surface area contributed by atoms with E-state index in [1.54, 1.807) is 12.1 Å². The second kappa shape index (κ2) is 4.74. The van der Waals surface area contributed by atoms with Crippen LogP contribution in [0.25, 0.3) is 0 Å². The van der Waals surface area contributed by atoms with Gasteiger partial charge in [0, 0.05) is 13.1 Å². The molecule has 2 rings (SSSR count). The lowest BCUT2D eigenvalue weighted by Crippen LogP contribution is -2.28. The molecule has 18 heavy (non-hydrogen) atoms. The minimum atomic E-state index is -3.47. The van der Waals surface area contributed by atoms with Crippen molar-refractivity contribution in [3.05, 3.63) is 35.4 Å². The van der Waals surface area contributed by atoms with E-state index in [0.29, 0.717) is 18.8 Å². The lowest BCUT2D eigenvalue weighted by Gasteiger charge is -2.18. The maximum absolute atomic E-state index is 12.5. The van der Waals surface area contributed by atoms with Gasteiger partial charge in [-0.1, -0.05) is 12.2 Å². The molecule has 0 aliphatic carbocycles. The van der Waals surface area contributed by atoms with Gasteiger partial charge >= 0.3 is 0 Å². The van der Waals surface area contributed by atoms with Gasteiger partial charge < -0.3 is 4.74 Å². The van der Waals surface area contributed by atoms with E-state index >= 15 is 0 Å². The molecular formula is C13H17NO3S. The molecular weight excluding hydrogens is 250 g/mol. The lowest BCUT2D eigenvalue weighted by atomic mass is 10.1. The maximum Gasteiger partial charge on any atom is 0.247 e. The number of aryl methyl sites for hydroxylation is 2. The lowest BCUT2D eigenvalue weighted by molar-refractivity contribution is 0.398. The first kappa shape index (κ1) is 13.1. The van der Waals surface area contributed by atoms with Crippen LogP contribution in [0.5, 0.6) is 5.75 Å². The van der Waals surface area contributed by atoms with Crippen LogP contribution >= 0.6 is 0 Å². The first-order chi connectivity index (χ1) is 8.46. The molecule has 1 aliphatic rings. The Hall–Kier alpha value is -1.33. The molecule has 0 amide bonds. The van der Waals surface area contributed by atoms with Crippen molar-refractivity contribution < 1.29 is 13.2 Å². The Bertz CT molecular complexity index is 582. The molecule has 0 bridgehead atoms. The normalized spacial score (nSPS) is 16.2. The van der Waals surface area contributed by atoms with E-state index in [0.717, 1.165) is 11.1 Å². The summed E-state index contributed by atoms with van der Waals surface area (Å²) < 4.78 is 31.6. The first-order valence-corrected chi connectivity index (χ1v) is 7.21. The third kappa shape index (κ3) is 2.15. The van der Waals surface area contributed by atoms with E-state index in [-0.39, 0.29) is 4.90 Å². The Morgan fingerprint density at radius 3 is 2.22 bits per heavy atom. The van der Waals surface area contributed by atoms with Gasteiger partial charge in [-0.3, -0.25) is 0 Å². The van der Waals surface area contributed by atoms with Crippen molar-refractivity contribution in [2.75, 3.05) is 20.2 Å². The molecule has 0 N–H and O–H groups in total. The molecule has 5 heteroatoms. The fourth-order valence-corrected chi connectivity index (χ4v) is 3.48. The van der Waals surface area contributed by atoms with Gasteiger partial charge in [-0.05, 0) is 37.1 Å². The number of hydrogen-bond acceptors (Lipinski definition) is 3. The van der Waals surface area contributed by atoms with Gasteiger partial charge in [-0.25, -0.2) is 8.42 Å². The van der Waals surface area contributed by atoms with Crippen LogP contribution < -0.4 is 4.74 Å². The Labute approximate surface area is 108 Å². The minimum Gasteiger partial charge on any atom is -0.495 e. The summed E-state index contributed by atoms with van der Waals surface area (Å²) in [7, 11) is -1.98. The Morgan fingerprint density at radius 2 is 1.67 bits per heavy atom. The molecule has 98 valence electrons. The average Bonchev–Trinajstić information content (AvgIpc) is 2.86. The molecule has 0 saturated heterocycles. The van der Waals surface area contributed by atoms with Crippen molar-refractivity contribution in [1.82, 2.24) is 4.31 Å². The molecule has 1 heterocycles. The SMILES string of the molecule is COc1cc(C)c(C)cc1S(=O)(=O)N1CC=CC1. The van der Waals surface area contributed by atoms with Crippen molar-refractivity contribution in [2.24, 2.45) is 0 Å². The number of hydrogen-bond donors (Lipinski definition) is 0. The second-order valence-corrected chi connectivity index (χ2v) is 6.29. The maximum atomic E-state index is 12.5. The largest absolute Gasteiger partial charge is 0.495 e. The molecule has 0 atom stereocenters. The van der Waals surface area contributed by atoms with Gasteiger partial charge in [0.25, 0.3) is 0 Å². The van der Waals surface area contributed by atoms with Crippen molar-refractivity contribution in [1.29, 1.82) is 0 Å². The molecule has 4 nitrogen and oxygen atoms in total. The fraction of sp³-hybridized carbons (Fsp3) is 0.385. The summed E-state index contributed by atoms with van der Waals surface area (Å²) in [6.07, 6.45) is 3.70. The van der Waals surface area contributed by atoms with Crippen molar-refractivity contribution >= 4 is 10.0 Å². The molecule has 0 fully saturated rings. The zero-order chi connectivity index (χ0) is 13.3. The molecule has 0 saturated carbocycles. The van der Waals surface area contributed by atoms with Gasteiger partial charge in [0.15, 0.2) is 0 Å². The van der Waals surface area contributed by atoms with Gasteiger partial charge in [0.2, 0.25) is 10.0 Å². The van der Waals surface area contributed by atoms with Gasteiger partial charge in [0.1, 0.15) is 10.6 Å². The molecule has 1 aromatic carbocycles. The van der Waals surface area contributed by atoms with Crippen LogP contribution in [-0.2, 0) is 10.0 Å². The summed E-state index contributed by atoms with van der Waals surface area (Å²) in [6.45, 7) is 4.69. The Balaban J connectivity index is 2.53. The van der Waals surface area contributed by atoms with E-state index in [1.807, 2.05) is 26.0 Å². The van der Waals surface area contributed by atoms with Crippen LogP contribution in [0.4, 0.5) is 0 Å². The van der Waals surface area contributed by atoms with E-state index in [2.05, 4.69) is 0 Å². The quantitative estimate of drug-likeness (QED) is 0.785. The number of ether oxygens (including phenoxy) is 1. The summed E-state index contributed by atoms with van der Waals surface area (Å²) in [5.41, 5.74) is 1.96. The predicted molar refractivity (Wildman–Crippen MR) is 70.4 cm³/mol. The third-order valence-corrected chi connectivity index (χ3v) is 5.04. The minimum absolute atomic E-state index is 0.247. The highest BCUT2D eigenvalue weighted by Crippen LogP contribution is 2.30. The standard InChI is InChI=1S/C13H17NO3S/c1-10-8-12(17-3)13(9-11(10)2)18(15,16)14-6-4-5-7-14/h4-5,8-9H,6-7H2,1-3H3. The number of methoxy groups -OCH3 is 1. The van der Waals surface area contributed by atoms with Crippen LogP contribution in [0, 0.1) is 13.8 Å². The van der Waals surface area contributed by atoms with Crippen LogP contribution in [-0.4, -0.2) is 32.9 Å². The van der Waals surface area contributed by atoms with E-state index in [9.17, 15) is 8.42 Å². The number of rotatable bonds is 3. The summed E-state index contributed by atoms with van der Waals surface area (Å²) in [4.78, 5) is 0.247. The molecule has 0 radical (unpaired) electrons. The Kier molecular flexibility index (Phi) is 3.45. The highest BCUT2D eigenvalue weighted by Gasteiger charge is 2.28. The van der Waals surface area contributed by atoms with Crippen LogP contribution in [0.1, 0.15) is 11.1 Å². The number of sulfonamides is 1. The fourth-order valence-electron chi connectivity index (χ4n) is 1.92. The zero-order valence-electron chi connectivity index (χ0n) is 10.8. The molecule has 0 spiro atoms. The second-order valence-electron chi connectivity index (χ2n) is 4.38. The predicted octanol–water partition coefficient (Wildman–Crippen LogP) is 1.87. The van der Waals surface area contributed by atoms with Gasteiger partial charge in [-0.15, -0.1) is 0 Å². The van der Waals surface area contributed by atoms with Crippen molar-refractivity contribution in [3.8, 4) is 5.75 Å². The summed E-state index contributed by atoms with van der Waals surface area (Å²) in [6, 6.07) is 3.45. The molecule has 0 unspecified atom stereocenters. The summed E-state index contributed by atoms with van der Waals surface area (Å²) in [5, 5.41) is 0. The van der Waals surface area contributed by atoms with Crippen molar-refractivity contribution in [3.63, 3.8) is 0 Å². The average molecular weight is 267 g/mol. The molecule has 1 aromatic rings. The van der Waals surface area contributed by atoms with E-state index in [1.165, 1.54) is 11.4 Å². The smallest absolute Gasteiger partial charge is 0.247 e. The highest BCUT2D eigenvalue weighted by molar-refractivity contribution is 7.89. The molecule has 1 aliphatic heterocycles. The third-order valence-electron chi connectivity index (χ3n) is 3.18. The van der Waals surface area contributed by atoms with Gasteiger partial charge in [0.05, 0.1) is 7.11 Å². The van der Waals surface area contributed by atoms with Crippen molar-refractivity contribution in [2.45, 2.75) is 18.7 Å². The Morgan fingerprint density at radius 1 is 1.11 bits per heavy atom. The van der Waals surface area contributed by atoms with Crippen LogP contribution in [0.3, 0.4) is 0 Å². The monoisotopic (exact) mass is 267 g/mol. The topological polar surface area (TPSA) is 46.6 Å². The van der Waals surface area contributed by atoms with Gasteiger partial charge in [-0.2, -0.15) is 4.31 Å². The first-order valence-electron chi connectivity index (χ1n) is 5.77. The van der Waals surface area contributed by atoms with E-state index < -0.39 is 10.0 Å². The van der Waals surface area contributed by atoms with Crippen LogP contribution in [0.15, 0.2) is 29.2 Å². The molecule has 0 aromatic heterocycles. The number of nitrogens with zero attached hydrogens (tertiary/aromatic N) is 1. The highest BCUT2D eigenvalue weighted by atomic mass is 32.2. The summed E-state index contributed by atoms with van der Waals surface area (Å²) in [5.74, 6) is 0.407. The van der Waals surface area contributed by atoms with Crippen LogP contribution in [0.2, 0.25) is 0 Å². The number of benzene rings is 1.